The maximum absolute atomic E-state index is 14.7. The summed E-state index contributed by atoms with van der Waals surface area (Å²) in [7, 11) is 0. The molecule has 3 aliphatic rings. The number of aromatic nitrogens is 2. The molecule has 2 saturated carbocycles. The number of likely N-dealkylation sites (tertiary alicyclic amines) is 1. The van der Waals surface area contributed by atoms with Gasteiger partial charge in [0, 0.05) is 25.0 Å². The first-order chi connectivity index (χ1) is 26.3. The minimum absolute atomic E-state index is 0.0936. The zero-order valence-electron chi connectivity index (χ0n) is 33.0. The SMILES string of the molecule is CCC[C@H](NC(=O)[C@@H]1C2CCCC2CN1C(=O)[C@@H](NC(=O)[C@@H](NC(=O)c1cnccn1)C1CCCCC1)C(C)(C)C)C(=O)C(=O)N[C@@H](C)Cc1ccccc1. The Morgan fingerprint density at radius 2 is 1.60 bits per heavy atom. The second kappa shape index (κ2) is 18.8. The summed E-state index contributed by atoms with van der Waals surface area (Å²) >= 11 is 0. The lowest BCUT2D eigenvalue weighted by molar-refractivity contribution is -0.146. The van der Waals surface area contributed by atoms with Crippen molar-refractivity contribution in [3.63, 3.8) is 0 Å². The minimum atomic E-state index is -1.05. The normalized spacial score (nSPS) is 22.1. The molecule has 13 heteroatoms. The molecule has 55 heavy (non-hydrogen) atoms. The van der Waals surface area contributed by atoms with Crippen LogP contribution in [0.4, 0.5) is 0 Å². The van der Waals surface area contributed by atoms with E-state index in [1.165, 1.54) is 18.6 Å². The number of ketones is 1. The molecule has 0 spiro atoms. The third kappa shape index (κ3) is 10.5. The highest BCUT2D eigenvalue weighted by Gasteiger charge is 2.52. The lowest BCUT2D eigenvalue weighted by Gasteiger charge is -2.38. The summed E-state index contributed by atoms with van der Waals surface area (Å²) in [5, 5.41) is 11.6. The third-order valence-electron chi connectivity index (χ3n) is 11.5. The van der Waals surface area contributed by atoms with Crippen LogP contribution >= 0.6 is 0 Å². The molecule has 1 aromatic heterocycles. The predicted molar refractivity (Wildman–Crippen MR) is 207 cm³/mol. The van der Waals surface area contributed by atoms with Crippen molar-refractivity contribution < 1.29 is 28.8 Å². The zero-order chi connectivity index (χ0) is 39.7. The van der Waals surface area contributed by atoms with Gasteiger partial charge in [-0.2, -0.15) is 0 Å². The Kier molecular flexibility index (Phi) is 14.2. The number of hydrogen-bond acceptors (Lipinski definition) is 8. The van der Waals surface area contributed by atoms with Crippen molar-refractivity contribution in [2.45, 2.75) is 135 Å². The summed E-state index contributed by atoms with van der Waals surface area (Å²) in [5.74, 6) is -3.43. The summed E-state index contributed by atoms with van der Waals surface area (Å²) in [5.41, 5.74) is 0.364. The van der Waals surface area contributed by atoms with E-state index < -0.39 is 59.0 Å². The van der Waals surface area contributed by atoms with Crippen LogP contribution in [0.1, 0.15) is 115 Å². The maximum Gasteiger partial charge on any atom is 0.289 e. The van der Waals surface area contributed by atoms with E-state index in [1.54, 1.807) is 4.90 Å². The molecule has 5 rings (SSSR count). The molecule has 0 bridgehead atoms. The highest BCUT2D eigenvalue weighted by Crippen LogP contribution is 2.43. The quantitative estimate of drug-likeness (QED) is 0.198. The maximum atomic E-state index is 14.7. The molecule has 2 unspecified atom stereocenters. The fourth-order valence-electron chi connectivity index (χ4n) is 8.70. The fourth-order valence-corrected chi connectivity index (χ4v) is 8.70. The molecule has 1 aromatic carbocycles. The van der Waals surface area contributed by atoms with Crippen molar-refractivity contribution in [1.82, 2.24) is 36.1 Å². The third-order valence-corrected chi connectivity index (χ3v) is 11.5. The number of hydrogen-bond donors (Lipinski definition) is 4. The molecular formula is C42H59N7O6. The molecule has 13 nitrogen and oxygen atoms in total. The van der Waals surface area contributed by atoms with Gasteiger partial charge in [0.2, 0.25) is 23.5 Å². The van der Waals surface area contributed by atoms with Gasteiger partial charge in [0.1, 0.15) is 23.8 Å². The number of carbonyl (C=O) groups excluding carboxylic acids is 6. The number of Topliss-reactive ketones (excluding diaryl/α,β-unsaturated/α-hetero) is 1. The zero-order valence-corrected chi connectivity index (χ0v) is 33.0. The van der Waals surface area contributed by atoms with E-state index in [0.29, 0.717) is 19.4 Å². The number of nitrogens with zero attached hydrogens (tertiary/aromatic N) is 3. The number of amides is 5. The van der Waals surface area contributed by atoms with Crippen LogP contribution in [0.3, 0.4) is 0 Å². The number of benzene rings is 1. The summed E-state index contributed by atoms with van der Waals surface area (Å²) in [6.07, 6.45) is 12.6. The van der Waals surface area contributed by atoms with E-state index in [0.717, 1.165) is 56.9 Å². The van der Waals surface area contributed by atoms with Crippen LogP contribution in [0.15, 0.2) is 48.9 Å². The van der Waals surface area contributed by atoms with Crippen molar-refractivity contribution in [1.29, 1.82) is 0 Å². The molecule has 0 radical (unpaired) electrons. The second-order valence-corrected chi connectivity index (χ2v) is 16.8. The first-order valence-corrected chi connectivity index (χ1v) is 20.1. The molecular weight excluding hydrogens is 699 g/mol. The van der Waals surface area contributed by atoms with Crippen LogP contribution in [0.2, 0.25) is 0 Å². The molecule has 298 valence electrons. The predicted octanol–water partition coefficient (Wildman–Crippen LogP) is 3.91. The van der Waals surface area contributed by atoms with Crippen molar-refractivity contribution in [2.75, 3.05) is 6.54 Å². The Morgan fingerprint density at radius 1 is 0.873 bits per heavy atom. The Balaban J connectivity index is 1.32. The molecule has 2 heterocycles. The smallest absolute Gasteiger partial charge is 0.289 e. The van der Waals surface area contributed by atoms with Crippen LogP contribution in [0.5, 0.6) is 0 Å². The monoisotopic (exact) mass is 757 g/mol. The van der Waals surface area contributed by atoms with Crippen molar-refractivity contribution in [2.24, 2.45) is 23.2 Å². The van der Waals surface area contributed by atoms with Crippen LogP contribution in [-0.4, -0.2) is 86.9 Å². The largest absolute Gasteiger partial charge is 0.347 e. The first-order valence-electron chi connectivity index (χ1n) is 20.1. The molecule has 2 aliphatic carbocycles. The lowest BCUT2D eigenvalue weighted by atomic mass is 9.82. The van der Waals surface area contributed by atoms with Crippen LogP contribution in [-0.2, 0) is 30.4 Å². The van der Waals surface area contributed by atoms with Gasteiger partial charge in [-0.3, -0.25) is 33.8 Å². The topological polar surface area (TPSA) is 180 Å². The van der Waals surface area contributed by atoms with E-state index in [-0.39, 0.29) is 41.8 Å². The molecule has 4 N–H and O–H groups in total. The van der Waals surface area contributed by atoms with E-state index in [4.69, 9.17) is 0 Å². The molecule has 3 fully saturated rings. The minimum Gasteiger partial charge on any atom is -0.347 e. The number of rotatable bonds is 15. The Hall–Kier alpha value is -4.68. The van der Waals surface area contributed by atoms with E-state index in [9.17, 15) is 28.8 Å². The Bertz CT molecular complexity index is 1660. The van der Waals surface area contributed by atoms with E-state index in [2.05, 4.69) is 31.2 Å². The summed E-state index contributed by atoms with van der Waals surface area (Å²) in [4.78, 5) is 92.9. The standard InChI is InChI=1S/C42H59N7O6/c1-6-14-31(35(50)40(54)45-26(2)23-27-15-9-7-10-16-27)46-39(53)34-30-20-13-19-29(30)25-49(34)41(55)36(42(3,4)5)48-38(52)33(28-17-11-8-12-18-28)47-37(51)32-24-43-21-22-44-32/h7,9-10,15-16,21-22,24,26,28-31,33-34,36H,6,8,11-14,17-20,23,25H2,1-5H3,(H,45,54)(H,46,53)(H,47,51)(H,48,52)/t26-,29?,30?,31-,33-,34-,36+/m0/s1. The molecule has 1 aliphatic heterocycles. The van der Waals surface area contributed by atoms with Gasteiger partial charge in [0.25, 0.3) is 11.8 Å². The average molecular weight is 758 g/mol. The molecule has 7 atom stereocenters. The first kappa shape index (κ1) is 41.5. The summed E-state index contributed by atoms with van der Waals surface area (Å²) in [6.45, 7) is 9.66. The number of carbonyl (C=O) groups is 6. The summed E-state index contributed by atoms with van der Waals surface area (Å²) < 4.78 is 0. The summed E-state index contributed by atoms with van der Waals surface area (Å²) in [6, 6.07) is 5.54. The highest BCUT2D eigenvalue weighted by atomic mass is 16.2. The van der Waals surface area contributed by atoms with E-state index in [1.807, 2.05) is 65.0 Å². The van der Waals surface area contributed by atoms with Gasteiger partial charge in [-0.15, -0.1) is 0 Å². The van der Waals surface area contributed by atoms with Gasteiger partial charge in [-0.1, -0.05) is 90.1 Å². The second-order valence-electron chi connectivity index (χ2n) is 16.8. The van der Waals surface area contributed by atoms with Gasteiger partial charge < -0.3 is 26.2 Å². The van der Waals surface area contributed by atoms with Gasteiger partial charge in [-0.05, 0) is 74.2 Å². The van der Waals surface area contributed by atoms with Gasteiger partial charge in [0.15, 0.2) is 0 Å². The fraction of sp³-hybridized carbons (Fsp3) is 0.619. The number of fused-ring (bicyclic) bond motifs is 1. The lowest BCUT2D eigenvalue weighted by Crippen LogP contribution is -2.62. The van der Waals surface area contributed by atoms with E-state index >= 15 is 0 Å². The van der Waals surface area contributed by atoms with Gasteiger partial charge in [-0.25, -0.2) is 4.98 Å². The highest BCUT2D eigenvalue weighted by molar-refractivity contribution is 6.38. The van der Waals surface area contributed by atoms with Crippen molar-refractivity contribution in [3.8, 4) is 0 Å². The van der Waals surface area contributed by atoms with Crippen LogP contribution < -0.4 is 21.3 Å². The van der Waals surface area contributed by atoms with Crippen LogP contribution in [0.25, 0.3) is 0 Å². The molecule has 2 aromatic rings. The Labute approximate surface area is 325 Å². The molecule has 1 saturated heterocycles. The van der Waals surface area contributed by atoms with Crippen molar-refractivity contribution in [3.05, 3.63) is 60.2 Å². The van der Waals surface area contributed by atoms with Gasteiger partial charge in [0.05, 0.1) is 12.2 Å². The van der Waals surface area contributed by atoms with Crippen molar-refractivity contribution >= 4 is 35.3 Å². The number of nitrogens with one attached hydrogen (secondary N) is 4. The molecule has 5 amide bonds. The van der Waals surface area contributed by atoms with Gasteiger partial charge >= 0.3 is 0 Å². The van der Waals surface area contributed by atoms with Crippen LogP contribution in [0, 0.1) is 23.2 Å². The average Bonchev–Trinajstić information content (AvgIpc) is 3.78. The Morgan fingerprint density at radius 3 is 2.25 bits per heavy atom.